The lowest BCUT2D eigenvalue weighted by atomic mass is 10.4. The van der Waals surface area contributed by atoms with Crippen LogP contribution in [0.4, 0.5) is 4.39 Å². The molecule has 0 spiro atoms. The van der Waals surface area contributed by atoms with Gasteiger partial charge in [-0.05, 0) is 24.3 Å². The molecule has 14 heavy (non-hydrogen) atoms. The normalized spacial score (nSPS) is 13.7. The molecule has 2 atom stereocenters. The lowest BCUT2D eigenvalue weighted by molar-refractivity contribution is 0.327. The summed E-state index contributed by atoms with van der Waals surface area (Å²) in [7, 11) is -4.29. The van der Waals surface area contributed by atoms with Crippen molar-refractivity contribution in [2.24, 2.45) is 0 Å². The van der Waals surface area contributed by atoms with E-state index in [0.717, 1.165) is 12.1 Å². The van der Waals surface area contributed by atoms with Gasteiger partial charge in [-0.3, -0.25) is 4.21 Å². The predicted octanol–water partition coefficient (Wildman–Crippen LogP) is 1.56. The van der Waals surface area contributed by atoms with Crippen molar-refractivity contribution < 1.29 is 22.6 Å². The van der Waals surface area contributed by atoms with Gasteiger partial charge in [0.25, 0.3) is 0 Å². The zero-order valence-electron chi connectivity index (χ0n) is 6.92. The third-order valence-electron chi connectivity index (χ3n) is 1.35. The minimum absolute atomic E-state index is 0.350. The minimum Gasteiger partial charge on any atom is -0.252 e. The van der Waals surface area contributed by atoms with E-state index < -0.39 is 24.9 Å². The fourth-order valence-corrected chi connectivity index (χ4v) is 2.07. The van der Waals surface area contributed by atoms with Crippen LogP contribution in [-0.2, 0) is 19.9 Å². The largest absolute Gasteiger partial charge is 0.695 e. The number of benzene rings is 1. The molecule has 0 radical (unpaired) electrons. The zero-order valence-corrected chi connectivity index (χ0v) is 8.63. The summed E-state index contributed by atoms with van der Waals surface area (Å²) >= 11 is 0. The van der Waals surface area contributed by atoms with Gasteiger partial charge in [0.15, 0.2) is 5.94 Å². The Morgan fingerprint density at radius 1 is 1.43 bits per heavy atom. The molecular weight excluding hydrogens is 230 g/mol. The van der Waals surface area contributed by atoms with Gasteiger partial charge in [-0.2, -0.15) is 0 Å². The first-order valence-electron chi connectivity index (χ1n) is 3.52. The molecule has 0 fully saturated rings. The average Bonchev–Trinajstić information content (AvgIpc) is 2.15. The number of rotatable bonds is 4. The van der Waals surface area contributed by atoms with E-state index in [2.05, 4.69) is 4.52 Å². The van der Waals surface area contributed by atoms with Gasteiger partial charge in [0.2, 0.25) is 0 Å². The van der Waals surface area contributed by atoms with E-state index in [1.165, 1.54) is 12.1 Å². The molecule has 0 saturated heterocycles. The van der Waals surface area contributed by atoms with Crippen molar-refractivity contribution in [3.05, 3.63) is 30.1 Å². The van der Waals surface area contributed by atoms with Crippen molar-refractivity contribution >= 4 is 19.1 Å². The van der Waals surface area contributed by atoms with E-state index in [4.69, 9.17) is 4.89 Å². The van der Waals surface area contributed by atoms with Crippen LogP contribution >= 0.6 is 8.25 Å². The molecule has 0 aromatic heterocycles. The van der Waals surface area contributed by atoms with Crippen LogP contribution in [0.3, 0.4) is 0 Å². The van der Waals surface area contributed by atoms with E-state index in [9.17, 15) is 13.2 Å². The Morgan fingerprint density at radius 2 is 2.00 bits per heavy atom. The first kappa shape index (κ1) is 11.4. The predicted molar refractivity (Wildman–Crippen MR) is 48.6 cm³/mol. The first-order valence-corrected chi connectivity index (χ1v) is 5.97. The van der Waals surface area contributed by atoms with E-state index in [-0.39, 0.29) is 5.94 Å². The average molecular weight is 237 g/mol. The van der Waals surface area contributed by atoms with Gasteiger partial charge < -0.3 is 0 Å². The molecule has 0 aliphatic heterocycles. The summed E-state index contributed by atoms with van der Waals surface area (Å²) in [5.74, 6) is -0.808. The van der Waals surface area contributed by atoms with Crippen LogP contribution in [0, 0.1) is 5.82 Å². The maximum Gasteiger partial charge on any atom is 0.695 e. The number of halogens is 1. The van der Waals surface area contributed by atoms with Crippen molar-refractivity contribution in [2.75, 3.05) is 5.94 Å². The van der Waals surface area contributed by atoms with E-state index in [0.29, 0.717) is 4.90 Å². The third kappa shape index (κ3) is 3.59. The molecule has 1 aromatic carbocycles. The summed E-state index contributed by atoms with van der Waals surface area (Å²) in [5, 5.41) is 0. The quantitative estimate of drug-likeness (QED) is 0.807. The lowest BCUT2D eigenvalue weighted by Gasteiger charge is -1.96. The van der Waals surface area contributed by atoms with Crippen LogP contribution in [-0.4, -0.2) is 15.0 Å². The maximum atomic E-state index is 12.4. The first-order chi connectivity index (χ1) is 6.59. The highest BCUT2D eigenvalue weighted by Crippen LogP contribution is 2.17. The molecule has 0 aliphatic rings. The molecule has 0 aliphatic carbocycles. The van der Waals surface area contributed by atoms with Crippen LogP contribution in [0.25, 0.3) is 0 Å². The topological polar surface area (TPSA) is 63.6 Å². The van der Waals surface area contributed by atoms with Crippen LogP contribution in [0.1, 0.15) is 0 Å². The molecule has 1 aromatic rings. The van der Waals surface area contributed by atoms with E-state index in [1.807, 2.05) is 0 Å². The maximum absolute atomic E-state index is 12.4. The summed E-state index contributed by atoms with van der Waals surface area (Å²) in [6.07, 6.45) is 0. The van der Waals surface area contributed by atoms with Crippen molar-refractivity contribution in [1.29, 1.82) is 0 Å². The van der Waals surface area contributed by atoms with E-state index >= 15 is 0 Å². The zero-order chi connectivity index (χ0) is 10.6. The van der Waals surface area contributed by atoms with Gasteiger partial charge in [0.1, 0.15) is 5.82 Å². The lowest BCUT2D eigenvalue weighted by Crippen LogP contribution is -1.98. The van der Waals surface area contributed by atoms with E-state index in [1.54, 1.807) is 0 Å². The Hall–Kier alpha value is -0.680. The molecule has 0 heterocycles. The summed E-state index contributed by atoms with van der Waals surface area (Å²) in [5.41, 5.74) is 0. The molecule has 0 amide bonds. The summed E-state index contributed by atoms with van der Waals surface area (Å²) in [4.78, 5) is 8.64. The second-order valence-corrected chi connectivity index (χ2v) is 4.42. The Balaban J connectivity index is 2.61. The molecule has 1 N–H and O–H groups in total. The molecule has 1 unspecified atom stereocenters. The Labute approximate surface area is 83.1 Å². The smallest absolute Gasteiger partial charge is 0.252 e. The van der Waals surface area contributed by atoms with Crippen molar-refractivity contribution in [3.8, 4) is 0 Å². The van der Waals surface area contributed by atoms with Gasteiger partial charge in [-0.1, -0.05) is 0 Å². The van der Waals surface area contributed by atoms with Crippen LogP contribution in [0.5, 0.6) is 0 Å². The highest BCUT2D eigenvalue weighted by molar-refractivity contribution is 7.85. The van der Waals surface area contributed by atoms with Crippen LogP contribution < -0.4 is 0 Å². The van der Waals surface area contributed by atoms with Crippen molar-refractivity contribution in [2.45, 2.75) is 4.90 Å². The fourth-order valence-electron chi connectivity index (χ4n) is 0.747. The van der Waals surface area contributed by atoms with Gasteiger partial charge in [-0.25, -0.2) is 4.39 Å². The van der Waals surface area contributed by atoms with Crippen LogP contribution in [0.2, 0.25) is 0 Å². The Bertz CT molecular complexity index is 353. The summed E-state index contributed by atoms with van der Waals surface area (Å²) in [6, 6.07) is 4.98. The van der Waals surface area contributed by atoms with Crippen molar-refractivity contribution in [3.63, 3.8) is 0 Å². The summed E-state index contributed by atoms with van der Waals surface area (Å²) in [6.45, 7) is 0. The number of hydrogen-bond acceptors (Lipinski definition) is 3. The Morgan fingerprint density at radius 3 is 2.50 bits per heavy atom. The second-order valence-electron chi connectivity index (χ2n) is 2.28. The third-order valence-corrected chi connectivity index (χ3v) is 3.00. The van der Waals surface area contributed by atoms with Gasteiger partial charge in [0.05, 0.1) is 10.8 Å². The van der Waals surface area contributed by atoms with Gasteiger partial charge >= 0.3 is 8.25 Å². The monoisotopic (exact) mass is 237 g/mol. The summed E-state index contributed by atoms with van der Waals surface area (Å²) < 4.78 is 38.1. The second kappa shape index (κ2) is 5.26. The van der Waals surface area contributed by atoms with Gasteiger partial charge in [0, 0.05) is 9.46 Å². The SMILES string of the molecule is O=[P+](O)OC[S@@](=O)c1ccc(F)cc1. The van der Waals surface area contributed by atoms with Gasteiger partial charge in [-0.15, -0.1) is 9.42 Å². The molecule has 7 heteroatoms. The highest BCUT2D eigenvalue weighted by atomic mass is 32.2. The molecule has 76 valence electrons. The molecule has 0 saturated carbocycles. The van der Waals surface area contributed by atoms with Crippen molar-refractivity contribution in [1.82, 2.24) is 0 Å². The highest BCUT2D eigenvalue weighted by Gasteiger charge is 2.15. The molecule has 1 rings (SSSR count). The number of hydrogen-bond donors (Lipinski definition) is 1. The minimum atomic E-state index is -2.75. The molecule has 4 nitrogen and oxygen atoms in total. The molecular formula is C7H7FO4PS+. The molecule has 0 bridgehead atoms. The standard InChI is InChI=1S/C7H6FO4PS/c8-6-1-3-7(4-2-6)14(11)5-12-13(9)10/h1-4H,5H2/p+1/t14-/m1/s1. The Kier molecular flexibility index (Phi) is 4.28. The fraction of sp³-hybridized carbons (Fsp3) is 0.143. The van der Waals surface area contributed by atoms with Crippen LogP contribution in [0.15, 0.2) is 29.2 Å².